The minimum Gasteiger partial charge on any atom is -0.493 e. The summed E-state index contributed by atoms with van der Waals surface area (Å²) >= 11 is 1.76. The molecule has 3 aromatic rings. The van der Waals surface area contributed by atoms with Crippen LogP contribution in [-0.4, -0.2) is 11.6 Å². The maximum atomic E-state index is 5.70. The van der Waals surface area contributed by atoms with Crippen LogP contribution in [0.3, 0.4) is 0 Å². The molecule has 0 saturated heterocycles. The molecule has 1 aliphatic rings. The summed E-state index contributed by atoms with van der Waals surface area (Å²) in [5.41, 5.74) is 2.34. The number of thiazole rings is 1. The monoisotopic (exact) mass is 296 g/mol. The van der Waals surface area contributed by atoms with Crippen LogP contribution in [0.2, 0.25) is 0 Å². The molecule has 1 aromatic heterocycles. The van der Waals surface area contributed by atoms with E-state index in [9.17, 15) is 0 Å². The van der Waals surface area contributed by atoms with Crippen molar-refractivity contribution in [1.29, 1.82) is 0 Å². The van der Waals surface area contributed by atoms with Crippen molar-refractivity contribution in [3.63, 3.8) is 0 Å². The van der Waals surface area contributed by atoms with Gasteiger partial charge in [0.05, 0.1) is 16.8 Å². The lowest BCUT2D eigenvalue weighted by Gasteiger charge is -2.26. The number of fused-ring (bicyclic) bond motifs is 2. The first kappa shape index (κ1) is 12.8. The van der Waals surface area contributed by atoms with Crippen LogP contribution < -0.4 is 10.1 Å². The number of nitrogens with one attached hydrogen (secondary N) is 1. The zero-order valence-electron chi connectivity index (χ0n) is 11.6. The molecule has 1 N–H and O–H groups in total. The summed E-state index contributed by atoms with van der Waals surface area (Å²) in [6.45, 7) is 1.58. The molecule has 2 aromatic carbocycles. The first-order valence-corrected chi connectivity index (χ1v) is 8.01. The quantitative estimate of drug-likeness (QED) is 0.795. The van der Waals surface area contributed by atoms with Gasteiger partial charge in [0.25, 0.3) is 0 Å². The van der Waals surface area contributed by atoms with E-state index in [1.807, 2.05) is 18.2 Å². The van der Waals surface area contributed by atoms with E-state index in [0.717, 1.165) is 35.8 Å². The molecule has 2 heterocycles. The normalized spacial score (nSPS) is 17.4. The number of benzene rings is 2. The molecular formula is C17H16N2OS. The Balaban J connectivity index is 1.52. The molecule has 0 bridgehead atoms. The molecule has 106 valence electrons. The Morgan fingerprint density at radius 2 is 2.00 bits per heavy atom. The van der Waals surface area contributed by atoms with Gasteiger partial charge in [-0.15, -0.1) is 11.3 Å². The zero-order chi connectivity index (χ0) is 14.1. The van der Waals surface area contributed by atoms with Gasteiger partial charge < -0.3 is 10.1 Å². The molecule has 0 aliphatic carbocycles. The standard InChI is InChI=1S/C17H16N2OS/c1-3-7-15-12(5-1)13(9-10-20-15)18-11-17-19-14-6-2-4-8-16(14)21-17/h1-8,13,18H,9-11H2. The molecule has 1 unspecified atom stereocenters. The highest BCUT2D eigenvalue weighted by Gasteiger charge is 2.20. The Morgan fingerprint density at radius 3 is 2.95 bits per heavy atom. The summed E-state index contributed by atoms with van der Waals surface area (Å²) < 4.78 is 6.95. The summed E-state index contributed by atoms with van der Waals surface area (Å²) in [6.07, 6.45) is 1.00. The Kier molecular flexibility index (Phi) is 3.33. The van der Waals surface area contributed by atoms with E-state index in [2.05, 4.69) is 40.6 Å². The van der Waals surface area contributed by atoms with Crippen molar-refractivity contribution in [3.05, 3.63) is 59.1 Å². The Bertz CT molecular complexity index is 735. The summed E-state index contributed by atoms with van der Waals surface area (Å²) in [5.74, 6) is 1.01. The maximum Gasteiger partial charge on any atom is 0.124 e. The van der Waals surface area contributed by atoms with Gasteiger partial charge in [-0.3, -0.25) is 0 Å². The number of para-hydroxylation sites is 2. The largest absolute Gasteiger partial charge is 0.493 e. The van der Waals surface area contributed by atoms with E-state index in [-0.39, 0.29) is 0 Å². The maximum absolute atomic E-state index is 5.70. The van der Waals surface area contributed by atoms with Gasteiger partial charge in [-0.2, -0.15) is 0 Å². The van der Waals surface area contributed by atoms with Crippen molar-refractivity contribution in [2.24, 2.45) is 0 Å². The van der Waals surface area contributed by atoms with Crippen molar-refractivity contribution in [1.82, 2.24) is 10.3 Å². The minimum atomic E-state index is 0.349. The van der Waals surface area contributed by atoms with Gasteiger partial charge >= 0.3 is 0 Å². The second kappa shape index (κ2) is 5.47. The Labute approximate surface area is 127 Å². The van der Waals surface area contributed by atoms with Crippen LogP contribution in [0.4, 0.5) is 0 Å². The fourth-order valence-electron chi connectivity index (χ4n) is 2.76. The van der Waals surface area contributed by atoms with Crippen LogP contribution in [-0.2, 0) is 6.54 Å². The zero-order valence-corrected chi connectivity index (χ0v) is 12.4. The van der Waals surface area contributed by atoms with Crippen LogP contribution in [0.15, 0.2) is 48.5 Å². The predicted molar refractivity (Wildman–Crippen MR) is 85.8 cm³/mol. The molecule has 21 heavy (non-hydrogen) atoms. The van der Waals surface area contributed by atoms with Gasteiger partial charge in [0.2, 0.25) is 0 Å². The number of aromatic nitrogens is 1. The van der Waals surface area contributed by atoms with Gasteiger partial charge in [0, 0.05) is 24.6 Å². The second-order valence-corrected chi connectivity index (χ2v) is 6.30. The molecule has 4 rings (SSSR count). The third-order valence-electron chi connectivity index (χ3n) is 3.80. The lowest BCUT2D eigenvalue weighted by Crippen LogP contribution is -2.26. The highest BCUT2D eigenvalue weighted by molar-refractivity contribution is 7.18. The lowest BCUT2D eigenvalue weighted by molar-refractivity contribution is 0.252. The van der Waals surface area contributed by atoms with Gasteiger partial charge in [-0.1, -0.05) is 30.3 Å². The van der Waals surface area contributed by atoms with E-state index < -0.39 is 0 Å². The number of rotatable bonds is 3. The first-order chi connectivity index (χ1) is 10.4. The molecule has 1 aliphatic heterocycles. The van der Waals surface area contributed by atoms with Crippen LogP contribution in [0, 0.1) is 0 Å². The fraction of sp³-hybridized carbons (Fsp3) is 0.235. The van der Waals surface area contributed by atoms with Crippen molar-refractivity contribution in [3.8, 4) is 5.75 Å². The fourth-order valence-corrected chi connectivity index (χ4v) is 3.68. The third-order valence-corrected chi connectivity index (χ3v) is 4.83. The van der Waals surface area contributed by atoms with Crippen molar-refractivity contribution < 1.29 is 4.74 Å². The highest BCUT2D eigenvalue weighted by Crippen LogP contribution is 2.32. The lowest BCUT2D eigenvalue weighted by atomic mass is 10.0. The molecule has 0 saturated carbocycles. The summed E-state index contributed by atoms with van der Waals surface area (Å²) in [5, 5.41) is 4.76. The summed E-state index contributed by atoms with van der Waals surface area (Å²) in [6, 6.07) is 16.9. The van der Waals surface area contributed by atoms with E-state index >= 15 is 0 Å². The highest BCUT2D eigenvalue weighted by atomic mass is 32.1. The average molecular weight is 296 g/mol. The Morgan fingerprint density at radius 1 is 1.14 bits per heavy atom. The Hall–Kier alpha value is -1.91. The predicted octanol–water partition coefficient (Wildman–Crippen LogP) is 3.91. The topological polar surface area (TPSA) is 34.1 Å². The molecule has 3 nitrogen and oxygen atoms in total. The van der Waals surface area contributed by atoms with Crippen LogP contribution in [0.5, 0.6) is 5.75 Å². The number of ether oxygens (including phenoxy) is 1. The molecule has 1 atom stereocenters. The SMILES string of the molecule is c1ccc2c(c1)OCCC2NCc1nc2ccccc2s1. The van der Waals surface area contributed by atoms with Crippen molar-refractivity contribution in [2.75, 3.05) is 6.61 Å². The van der Waals surface area contributed by atoms with E-state index in [0.29, 0.717) is 6.04 Å². The average Bonchev–Trinajstić information content (AvgIpc) is 2.96. The molecule has 0 fully saturated rings. The first-order valence-electron chi connectivity index (χ1n) is 7.20. The molecule has 0 spiro atoms. The van der Waals surface area contributed by atoms with E-state index in [1.165, 1.54) is 10.3 Å². The number of hydrogen-bond acceptors (Lipinski definition) is 4. The number of hydrogen-bond donors (Lipinski definition) is 1. The molecule has 4 heteroatoms. The van der Waals surface area contributed by atoms with E-state index in [1.54, 1.807) is 11.3 Å². The van der Waals surface area contributed by atoms with Gasteiger partial charge in [0.1, 0.15) is 10.8 Å². The van der Waals surface area contributed by atoms with Crippen molar-refractivity contribution >= 4 is 21.6 Å². The van der Waals surface area contributed by atoms with Gasteiger partial charge in [-0.25, -0.2) is 4.98 Å². The summed E-state index contributed by atoms with van der Waals surface area (Å²) in [4.78, 5) is 4.68. The molecule has 0 amide bonds. The van der Waals surface area contributed by atoms with Crippen LogP contribution in [0.25, 0.3) is 10.2 Å². The van der Waals surface area contributed by atoms with Crippen LogP contribution >= 0.6 is 11.3 Å². The van der Waals surface area contributed by atoms with Gasteiger partial charge in [0.15, 0.2) is 0 Å². The van der Waals surface area contributed by atoms with Crippen LogP contribution in [0.1, 0.15) is 23.0 Å². The molecule has 0 radical (unpaired) electrons. The minimum absolute atomic E-state index is 0.349. The van der Waals surface area contributed by atoms with Crippen molar-refractivity contribution in [2.45, 2.75) is 19.0 Å². The second-order valence-electron chi connectivity index (χ2n) is 5.18. The number of nitrogens with zero attached hydrogens (tertiary/aromatic N) is 1. The molecular weight excluding hydrogens is 280 g/mol. The third kappa shape index (κ3) is 2.52. The smallest absolute Gasteiger partial charge is 0.124 e. The van der Waals surface area contributed by atoms with Gasteiger partial charge in [-0.05, 0) is 18.2 Å². The van der Waals surface area contributed by atoms with E-state index in [4.69, 9.17) is 4.74 Å². The summed E-state index contributed by atoms with van der Waals surface area (Å²) in [7, 11) is 0.